The zero-order valence-electron chi connectivity index (χ0n) is 15.9. The average Bonchev–Trinajstić information content (AvgIpc) is 3.11. The fraction of sp³-hybridized carbons (Fsp3) is 0.174. The van der Waals surface area contributed by atoms with E-state index < -0.39 is 0 Å². The monoisotopic (exact) mass is 385 g/mol. The molecule has 5 rings (SSSR count). The third kappa shape index (κ3) is 2.84. The number of nitrogens with zero attached hydrogens (tertiary/aromatic N) is 2. The van der Waals surface area contributed by atoms with Crippen molar-refractivity contribution in [3.05, 3.63) is 87.8 Å². The number of Topliss-reactive ketones (excluding diaryl/α,β-unsaturated/α-hetero) is 1. The van der Waals surface area contributed by atoms with Crippen molar-refractivity contribution in [1.82, 2.24) is 14.8 Å². The molecule has 0 unspecified atom stereocenters. The molecule has 0 saturated carbocycles. The van der Waals surface area contributed by atoms with Crippen molar-refractivity contribution in [3.8, 4) is 11.4 Å². The molecule has 1 aliphatic carbocycles. The van der Waals surface area contributed by atoms with Crippen LogP contribution in [-0.4, -0.2) is 27.7 Å². The minimum absolute atomic E-state index is 0.0194. The summed E-state index contributed by atoms with van der Waals surface area (Å²) < 4.78 is 6.71. The van der Waals surface area contributed by atoms with E-state index in [1.54, 1.807) is 13.3 Å². The van der Waals surface area contributed by atoms with E-state index in [4.69, 9.17) is 4.74 Å². The minimum Gasteiger partial charge on any atom is -0.497 e. The Morgan fingerprint density at radius 1 is 1.03 bits per heavy atom. The van der Waals surface area contributed by atoms with Crippen LogP contribution in [-0.2, 0) is 6.42 Å². The normalized spacial score (nSPS) is 16.0. The number of carbonyl (C=O) groups is 1. The van der Waals surface area contributed by atoms with Gasteiger partial charge in [-0.25, -0.2) is 9.67 Å². The molecule has 0 aliphatic heterocycles. The van der Waals surface area contributed by atoms with Gasteiger partial charge < -0.3 is 4.74 Å². The number of pyridine rings is 1. The first-order chi connectivity index (χ1) is 14.2. The largest absolute Gasteiger partial charge is 0.497 e. The molecular formula is C23H19N3O3. The van der Waals surface area contributed by atoms with Gasteiger partial charge in [0.05, 0.1) is 18.2 Å². The molecule has 0 spiro atoms. The number of carbonyl (C=O) groups excluding carboxylic acids is 1. The molecule has 1 atom stereocenters. The highest BCUT2D eigenvalue weighted by Crippen LogP contribution is 2.35. The summed E-state index contributed by atoms with van der Waals surface area (Å²) in [6.07, 6.45) is 2.62. The Kier molecular flexibility index (Phi) is 4.05. The first-order valence-corrected chi connectivity index (χ1v) is 9.51. The van der Waals surface area contributed by atoms with E-state index in [1.165, 1.54) is 4.68 Å². The molecule has 0 fully saturated rings. The number of H-pyrrole nitrogens is 1. The molecule has 6 nitrogen and oxygen atoms in total. The topological polar surface area (TPSA) is 77.0 Å². The molecule has 144 valence electrons. The van der Waals surface area contributed by atoms with Gasteiger partial charge in [-0.15, -0.1) is 0 Å². The molecule has 1 aliphatic rings. The zero-order valence-corrected chi connectivity index (χ0v) is 15.9. The van der Waals surface area contributed by atoms with E-state index in [1.807, 2.05) is 54.6 Å². The number of aromatic amines is 1. The van der Waals surface area contributed by atoms with E-state index in [-0.39, 0.29) is 17.3 Å². The van der Waals surface area contributed by atoms with Gasteiger partial charge in [0.1, 0.15) is 5.75 Å². The van der Waals surface area contributed by atoms with Crippen LogP contribution in [0.15, 0.2) is 65.6 Å². The summed E-state index contributed by atoms with van der Waals surface area (Å²) in [5.74, 6) is 0.818. The van der Waals surface area contributed by atoms with Crippen molar-refractivity contribution >= 4 is 16.8 Å². The number of nitrogens with one attached hydrogen (secondary N) is 1. The van der Waals surface area contributed by atoms with E-state index >= 15 is 0 Å². The van der Waals surface area contributed by atoms with Gasteiger partial charge in [0.2, 0.25) is 0 Å². The van der Waals surface area contributed by atoms with Gasteiger partial charge in [0, 0.05) is 18.2 Å². The predicted octanol–water partition coefficient (Wildman–Crippen LogP) is 3.64. The first kappa shape index (κ1) is 17.4. The molecule has 1 N–H and O–H groups in total. The summed E-state index contributed by atoms with van der Waals surface area (Å²) in [6.45, 7) is 0. The Balaban J connectivity index is 1.63. The predicted molar refractivity (Wildman–Crippen MR) is 110 cm³/mol. The Hall–Kier alpha value is -3.67. The Labute approximate surface area is 166 Å². The summed E-state index contributed by atoms with van der Waals surface area (Å²) in [5.41, 5.74) is 3.45. The summed E-state index contributed by atoms with van der Waals surface area (Å²) >= 11 is 0. The average molecular weight is 385 g/mol. The maximum atomic E-state index is 13.2. The third-order valence-corrected chi connectivity index (χ3v) is 5.61. The van der Waals surface area contributed by atoms with Crippen LogP contribution in [0.1, 0.15) is 33.8 Å². The smallest absolute Gasteiger partial charge is 0.281 e. The second-order valence-corrected chi connectivity index (χ2v) is 7.26. The maximum absolute atomic E-state index is 13.2. The lowest BCUT2D eigenvalue weighted by molar-refractivity contribution is 0.0964. The van der Waals surface area contributed by atoms with Crippen LogP contribution in [0.4, 0.5) is 0 Å². The van der Waals surface area contributed by atoms with Gasteiger partial charge in [-0.05, 0) is 47.7 Å². The molecular weight excluding hydrogens is 366 g/mol. The fourth-order valence-corrected chi connectivity index (χ4v) is 4.11. The standard InChI is InChI=1S/C23H19N3O3/c1-29-17-9-7-14(8-10-17)15-11-18-19(20(27)12-15)13-24-22-21(18)23(28)26(25-22)16-5-3-2-4-6-16/h2-10,13,15H,11-12H2,1H3,(H,24,25)/t15-/m1/s1. The fourth-order valence-electron chi connectivity index (χ4n) is 4.11. The number of fused-ring (bicyclic) bond motifs is 3. The van der Waals surface area contributed by atoms with Crippen LogP contribution in [0, 0.1) is 0 Å². The number of methoxy groups -OCH3 is 1. The summed E-state index contributed by atoms with van der Waals surface area (Å²) in [5, 5.41) is 3.58. The molecule has 0 amide bonds. The molecule has 0 bridgehead atoms. The van der Waals surface area contributed by atoms with Gasteiger partial charge >= 0.3 is 0 Å². The summed E-state index contributed by atoms with van der Waals surface area (Å²) in [7, 11) is 1.63. The third-order valence-electron chi connectivity index (χ3n) is 5.61. The number of benzene rings is 2. The summed E-state index contributed by atoms with van der Waals surface area (Å²) in [4.78, 5) is 30.4. The van der Waals surface area contributed by atoms with Crippen LogP contribution in [0.5, 0.6) is 5.75 Å². The lowest BCUT2D eigenvalue weighted by Crippen LogP contribution is -2.22. The van der Waals surface area contributed by atoms with Crippen molar-refractivity contribution in [3.63, 3.8) is 0 Å². The molecule has 0 saturated heterocycles. The first-order valence-electron chi connectivity index (χ1n) is 9.51. The van der Waals surface area contributed by atoms with E-state index in [0.29, 0.717) is 29.4 Å². The maximum Gasteiger partial charge on any atom is 0.281 e. The number of aromatic nitrogens is 3. The number of hydrogen-bond acceptors (Lipinski definition) is 4. The highest BCUT2D eigenvalue weighted by Gasteiger charge is 2.30. The van der Waals surface area contributed by atoms with Gasteiger partial charge in [-0.3, -0.25) is 14.7 Å². The molecule has 0 radical (unpaired) electrons. The van der Waals surface area contributed by atoms with Crippen LogP contribution in [0.25, 0.3) is 16.7 Å². The second kappa shape index (κ2) is 6.74. The lowest BCUT2D eigenvalue weighted by Gasteiger charge is -2.24. The highest BCUT2D eigenvalue weighted by atomic mass is 16.5. The number of rotatable bonds is 3. The number of para-hydroxylation sites is 1. The van der Waals surface area contributed by atoms with Gasteiger partial charge in [0.15, 0.2) is 11.4 Å². The number of hydrogen-bond donors (Lipinski definition) is 1. The highest BCUT2D eigenvalue weighted by molar-refractivity contribution is 6.02. The van der Waals surface area contributed by atoms with Crippen molar-refractivity contribution in [2.75, 3.05) is 7.11 Å². The Bertz CT molecular complexity index is 1270. The van der Waals surface area contributed by atoms with Crippen LogP contribution >= 0.6 is 0 Å². The molecule has 29 heavy (non-hydrogen) atoms. The van der Waals surface area contributed by atoms with Crippen molar-refractivity contribution < 1.29 is 9.53 Å². The van der Waals surface area contributed by atoms with Crippen molar-refractivity contribution in [2.45, 2.75) is 18.8 Å². The minimum atomic E-state index is -0.182. The SMILES string of the molecule is COc1ccc([C@H]2CC(=O)c3cnc4[nH]n(-c5ccccc5)c(=O)c4c3C2)cc1. The molecule has 2 heterocycles. The lowest BCUT2D eigenvalue weighted by atomic mass is 9.79. The summed E-state index contributed by atoms with van der Waals surface area (Å²) in [6, 6.07) is 17.1. The van der Waals surface area contributed by atoms with Crippen molar-refractivity contribution in [1.29, 1.82) is 0 Å². The van der Waals surface area contributed by atoms with Crippen LogP contribution < -0.4 is 10.3 Å². The van der Waals surface area contributed by atoms with Crippen molar-refractivity contribution in [2.24, 2.45) is 0 Å². The van der Waals surface area contributed by atoms with Gasteiger partial charge in [-0.1, -0.05) is 30.3 Å². The molecule has 2 aromatic heterocycles. The number of ketones is 1. The second-order valence-electron chi connectivity index (χ2n) is 7.26. The van der Waals surface area contributed by atoms with Gasteiger partial charge in [-0.2, -0.15) is 0 Å². The molecule has 2 aromatic carbocycles. The Morgan fingerprint density at radius 2 is 1.79 bits per heavy atom. The van der Waals surface area contributed by atoms with E-state index in [2.05, 4.69) is 10.1 Å². The molecule has 4 aromatic rings. The Morgan fingerprint density at radius 3 is 2.52 bits per heavy atom. The zero-order chi connectivity index (χ0) is 20.0. The molecule has 6 heteroatoms. The van der Waals surface area contributed by atoms with Crippen LogP contribution in [0.3, 0.4) is 0 Å². The van der Waals surface area contributed by atoms with E-state index in [9.17, 15) is 9.59 Å². The van der Waals surface area contributed by atoms with E-state index in [0.717, 1.165) is 22.6 Å². The quantitative estimate of drug-likeness (QED) is 0.584. The number of ether oxygens (including phenoxy) is 1. The van der Waals surface area contributed by atoms with Gasteiger partial charge in [0.25, 0.3) is 5.56 Å². The van der Waals surface area contributed by atoms with Crippen LogP contribution in [0.2, 0.25) is 0 Å².